The maximum absolute atomic E-state index is 12.6. The molecular formula is C18H22N4O3. The molecule has 25 heavy (non-hydrogen) atoms. The minimum atomic E-state index is -0.168. The van der Waals surface area contributed by atoms with Crippen molar-refractivity contribution in [3.63, 3.8) is 0 Å². The van der Waals surface area contributed by atoms with Gasteiger partial charge in [0.1, 0.15) is 18.2 Å². The summed E-state index contributed by atoms with van der Waals surface area (Å²) in [5.74, 6) is 2.23. The predicted molar refractivity (Wildman–Crippen MR) is 90.4 cm³/mol. The Morgan fingerprint density at radius 1 is 1.32 bits per heavy atom. The van der Waals surface area contributed by atoms with Gasteiger partial charge in [0.05, 0.1) is 18.2 Å². The Morgan fingerprint density at radius 2 is 2.24 bits per heavy atom. The Morgan fingerprint density at radius 3 is 3.12 bits per heavy atom. The summed E-state index contributed by atoms with van der Waals surface area (Å²) in [5.41, 5.74) is 0.529. The summed E-state index contributed by atoms with van der Waals surface area (Å²) in [5, 5.41) is 11.3. The van der Waals surface area contributed by atoms with Gasteiger partial charge in [-0.1, -0.05) is 12.1 Å². The fourth-order valence-corrected chi connectivity index (χ4v) is 3.33. The molecule has 0 unspecified atom stereocenters. The average molecular weight is 342 g/mol. The van der Waals surface area contributed by atoms with Crippen LogP contribution in [0.25, 0.3) is 0 Å². The minimum Gasteiger partial charge on any atom is -0.490 e. The number of aromatic nitrogens is 3. The minimum absolute atomic E-state index is 0.120. The van der Waals surface area contributed by atoms with Crippen LogP contribution in [0.2, 0.25) is 0 Å². The first-order chi connectivity index (χ1) is 12.3. The quantitative estimate of drug-likeness (QED) is 0.865. The highest BCUT2D eigenvalue weighted by molar-refractivity contribution is 5.96. The number of rotatable bonds is 6. The molecule has 1 aromatic carbocycles. The van der Waals surface area contributed by atoms with E-state index in [1.54, 1.807) is 6.07 Å². The van der Waals surface area contributed by atoms with Gasteiger partial charge in [-0.3, -0.25) is 4.79 Å². The van der Waals surface area contributed by atoms with E-state index in [-0.39, 0.29) is 12.0 Å². The third-order valence-electron chi connectivity index (χ3n) is 4.67. The van der Waals surface area contributed by atoms with Crippen molar-refractivity contribution in [1.29, 1.82) is 0 Å². The zero-order chi connectivity index (χ0) is 17.1. The van der Waals surface area contributed by atoms with E-state index in [9.17, 15) is 4.79 Å². The molecule has 1 fully saturated rings. The standard InChI is InChI=1S/C18H22N4O3/c23-18(19-11-17-21-20-16-8-3-9-22(16)17)14-6-1-2-7-15(14)25-12-13-5-4-10-24-13/h1-2,6-7,13H,3-5,8-12H2,(H,19,23)/t13-/m1/s1. The van der Waals surface area contributed by atoms with E-state index >= 15 is 0 Å². The summed E-state index contributed by atoms with van der Waals surface area (Å²) in [6, 6.07) is 7.29. The van der Waals surface area contributed by atoms with Crippen molar-refractivity contribution in [2.75, 3.05) is 13.2 Å². The molecule has 4 rings (SSSR count). The number of amides is 1. The van der Waals surface area contributed by atoms with E-state index in [0.717, 1.165) is 50.5 Å². The second-order valence-corrected chi connectivity index (χ2v) is 6.41. The SMILES string of the molecule is O=C(NCc1nnc2n1CCC2)c1ccccc1OC[C@H]1CCCO1. The molecule has 1 saturated heterocycles. The van der Waals surface area contributed by atoms with E-state index in [0.29, 0.717) is 24.5 Å². The lowest BCUT2D eigenvalue weighted by molar-refractivity contribution is 0.0670. The fraction of sp³-hybridized carbons (Fsp3) is 0.500. The number of aryl methyl sites for hydroxylation is 1. The average Bonchev–Trinajstić information content (AvgIpc) is 3.36. The van der Waals surface area contributed by atoms with Gasteiger partial charge in [0, 0.05) is 19.6 Å². The van der Waals surface area contributed by atoms with Crippen molar-refractivity contribution >= 4 is 5.91 Å². The lowest BCUT2D eigenvalue weighted by Gasteiger charge is -2.14. The number of nitrogens with zero attached hydrogens (tertiary/aromatic N) is 3. The van der Waals surface area contributed by atoms with Gasteiger partial charge < -0.3 is 19.4 Å². The molecular weight excluding hydrogens is 320 g/mol. The largest absolute Gasteiger partial charge is 0.490 e. The topological polar surface area (TPSA) is 78.3 Å². The summed E-state index contributed by atoms with van der Waals surface area (Å²) in [7, 11) is 0. The first kappa shape index (κ1) is 16.1. The van der Waals surface area contributed by atoms with E-state index in [1.807, 2.05) is 18.2 Å². The molecule has 7 nitrogen and oxygen atoms in total. The van der Waals surface area contributed by atoms with Gasteiger partial charge in [-0.25, -0.2) is 0 Å². The molecule has 132 valence electrons. The fourth-order valence-electron chi connectivity index (χ4n) is 3.33. The number of benzene rings is 1. The molecule has 7 heteroatoms. The number of hydrogen-bond donors (Lipinski definition) is 1. The van der Waals surface area contributed by atoms with Gasteiger partial charge in [0.25, 0.3) is 5.91 Å². The van der Waals surface area contributed by atoms with Crippen LogP contribution < -0.4 is 10.1 Å². The van der Waals surface area contributed by atoms with E-state index in [2.05, 4.69) is 20.1 Å². The van der Waals surface area contributed by atoms with Gasteiger partial charge >= 0.3 is 0 Å². The Bertz CT molecular complexity index is 753. The molecule has 0 spiro atoms. The number of para-hydroxylation sites is 1. The van der Waals surface area contributed by atoms with Crippen LogP contribution in [-0.2, 0) is 24.2 Å². The number of carbonyl (C=O) groups is 1. The molecule has 1 amide bonds. The lowest BCUT2D eigenvalue weighted by atomic mass is 10.2. The number of fused-ring (bicyclic) bond motifs is 1. The molecule has 0 bridgehead atoms. The normalized spacial score (nSPS) is 19.0. The van der Waals surface area contributed by atoms with E-state index < -0.39 is 0 Å². The summed E-state index contributed by atoms with van der Waals surface area (Å²) in [6.45, 7) is 2.56. The molecule has 2 aromatic rings. The summed E-state index contributed by atoms with van der Waals surface area (Å²) < 4.78 is 13.5. The molecule has 0 saturated carbocycles. The van der Waals surface area contributed by atoms with E-state index in [4.69, 9.17) is 9.47 Å². The van der Waals surface area contributed by atoms with Crippen LogP contribution in [0.3, 0.4) is 0 Å². The second kappa shape index (κ2) is 7.23. The van der Waals surface area contributed by atoms with Crippen LogP contribution in [0.15, 0.2) is 24.3 Å². The van der Waals surface area contributed by atoms with E-state index in [1.165, 1.54) is 0 Å². The first-order valence-electron chi connectivity index (χ1n) is 8.84. The summed E-state index contributed by atoms with van der Waals surface area (Å²) in [6.07, 6.45) is 4.24. The Labute approximate surface area is 146 Å². The van der Waals surface area contributed by atoms with Crippen LogP contribution in [0, 0.1) is 0 Å². The van der Waals surface area contributed by atoms with Gasteiger partial charge in [-0.05, 0) is 31.4 Å². The Kier molecular flexibility index (Phi) is 4.65. The van der Waals surface area contributed by atoms with Crippen LogP contribution in [0.4, 0.5) is 0 Å². The monoisotopic (exact) mass is 342 g/mol. The molecule has 2 aliphatic heterocycles. The maximum Gasteiger partial charge on any atom is 0.255 e. The zero-order valence-electron chi connectivity index (χ0n) is 14.1. The van der Waals surface area contributed by atoms with Gasteiger partial charge in [0.2, 0.25) is 0 Å². The lowest BCUT2D eigenvalue weighted by Crippen LogP contribution is -2.26. The Balaban J connectivity index is 1.39. The van der Waals surface area contributed by atoms with Crippen LogP contribution in [0.1, 0.15) is 41.3 Å². The highest BCUT2D eigenvalue weighted by Gasteiger charge is 2.20. The van der Waals surface area contributed by atoms with Gasteiger partial charge in [-0.2, -0.15) is 0 Å². The molecule has 1 N–H and O–H groups in total. The third-order valence-corrected chi connectivity index (χ3v) is 4.67. The smallest absolute Gasteiger partial charge is 0.255 e. The highest BCUT2D eigenvalue weighted by Crippen LogP contribution is 2.21. The van der Waals surface area contributed by atoms with Crippen molar-refractivity contribution in [2.24, 2.45) is 0 Å². The second-order valence-electron chi connectivity index (χ2n) is 6.41. The van der Waals surface area contributed by atoms with Gasteiger partial charge in [0.15, 0.2) is 5.82 Å². The molecule has 3 heterocycles. The van der Waals surface area contributed by atoms with Gasteiger partial charge in [-0.15, -0.1) is 10.2 Å². The zero-order valence-corrected chi connectivity index (χ0v) is 14.1. The maximum atomic E-state index is 12.6. The molecule has 0 aliphatic carbocycles. The summed E-state index contributed by atoms with van der Waals surface area (Å²) in [4.78, 5) is 12.6. The van der Waals surface area contributed by atoms with Crippen LogP contribution >= 0.6 is 0 Å². The highest BCUT2D eigenvalue weighted by atomic mass is 16.5. The number of carbonyl (C=O) groups excluding carboxylic acids is 1. The van der Waals surface area contributed by atoms with Crippen molar-refractivity contribution < 1.29 is 14.3 Å². The summed E-state index contributed by atoms with van der Waals surface area (Å²) >= 11 is 0. The number of nitrogens with one attached hydrogen (secondary N) is 1. The van der Waals surface area contributed by atoms with Crippen molar-refractivity contribution in [1.82, 2.24) is 20.1 Å². The Hall–Kier alpha value is -2.41. The molecule has 1 aromatic heterocycles. The van der Waals surface area contributed by atoms with Crippen LogP contribution in [0.5, 0.6) is 5.75 Å². The number of ether oxygens (including phenoxy) is 2. The van der Waals surface area contributed by atoms with Crippen molar-refractivity contribution in [3.8, 4) is 5.75 Å². The first-order valence-corrected chi connectivity index (χ1v) is 8.84. The molecule has 1 atom stereocenters. The number of hydrogen-bond acceptors (Lipinski definition) is 5. The third kappa shape index (κ3) is 3.51. The van der Waals surface area contributed by atoms with Crippen molar-refractivity contribution in [3.05, 3.63) is 41.5 Å². The molecule has 2 aliphatic rings. The van der Waals surface area contributed by atoms with Crippen LogP contribution in [-0.4, -0.2) is 40.0 Å². The molecule has 0 radical (unpaired) electrons. The predicted octanol–water partition coefficient (Wildman–Crippen LogP) is 1.71. The van der Waals surface area contributed by atoms with Crippen molar-refractivity contribution in [2.45, 2.75) is 44.9 Å².